The van der Waals surface area contributed by atoms with Crippen LogP contribution in [-0.2, 0) is 12.8 Å². The molecule has 0 aliphatic carbocycles. The maximum atomic E-state index is 13.4. The normalized spacial score (nSPS) is 11.1. The summed E-state index contributed by atoms with van der Waals surface area (Å²) in [6.45, 7) is 0. The van der Waals surface area contributed by atoms with E-state index in [0.717, 1.165) is 35.3 Å². The molecule has 96 valence electrons. The highest BCUT2D eigenvalue weighted by Crippen LogP contribution is 2.22. The number of aromatic nitrogens is 3. The maximum absolute atomic E-state index is 13.4. The van der Waals surface area contributed by atoms with Gasteiger partial charge < -0.3 is 4.98 Å². The van der Waals surface area contributed by atoms with Crippen LogP contribution in [0, 0.1) is 5.82 Å². The van der Waals surface area contributed by atoms with Crippen molar-refractivity contribution >= 4 is 27.0 Å². The van der Waals surface area contributed by atoms with E-state index in [9.17, 15) is 4.39 Å². The Kier molecular flexibility index (Phi) is 3.29. The summed E-state index contributed by atoms with van der Waals surface area (Å²) in [6.07, 6.45) is 5.24. The molecule has 5 heteroatoms. The van der Waals surface area contributed by atoms with Gasteiger partial charge in [-0.15, -0.1) is 0 Å². The van der Waals surface area contributed by atoms with E-state index < -0.39 is 0 Å². The van der Waals surface area contributed by atoms with Gasteiger partial charge in [0.15, 0.2) is 0 Å². The number of hydrogen-bond donors (Lipinski definition) is 1. The van der Waals surface area contributed by atoms with Crippen molar-refractivity contribution in [2.45, 2.75) is 12.8 Å². The molecule has 0 saturated carbocycles. The lowest BCUT2D eigenvalue weighted by molar-refractivity contribution is 0.623. The summed E-state index contributed by atoms with van der Waals surface area (Å²) in [5, 5.41) is 0. The second-order valence-corrected chi connectivity index (χ2v) is 5.18. The van der Waals surface area contributed by atoms with Crippen molar-refractivity contribution in [1.29, 1.82) is 0 Å². The zero-order valence-electron chi connectivity index (χ0n) is 10.0. The van der Waals surface area contributed by atoms with Crippen molar-refractivity contribution in [2.24, 2.45) is 0 Å². The minimum absolute atomic E-state index is 0.282. The average molecular weight is 320 g/mol. The van der Waals surface area contributed by atoms with Gasteiger partial charge in [0.05, 0.1) is 15.5 Å². The van der Waals surface area contributed by atoms with E-state index >= 15 is 0 Å². The van der Waals surface area contributed by atoms with Crippen LogP contribution in [0.15, 0.2) is 41.1 Å². The lowest BCUT2D eigenvalue weighted by Gasteiger charge is -1.97. The molecule has 0 unspecified atom stereocenters. The Labute approximate surface area is 118 Å². The van der Waals surface area contributed by atoms with E-state index in [2.05, 4.69) is 30.9 Å². The zero-order chi connectivity index (χ0) is 13.2. The Morgan fingerprint density at radius 1 is 1.26 bits per heavy atom. The number of aromatic amines is 1. The monoisotopic (exact) mass is 319 g/mol. The minimum Gasteiger partial charge on any atom is -0.342 e. The molecule has 0 atom stereocenters. The fourth-order valence-electron chi connectivity index (χ4n) is 1.98. The number of fused-ring (bicyclic) bond motifs is 1. The Morgan fingerprint density at radius 3 is 2.95 bits per heavy atom. The SMILES string of the molecule is Fc1cc2[nH]c(CCc3cccnc3)nc2cc1Br. The molecule has 0 saturated heterocycles. The van der Waals surface area contributed by atoms with Crippen LogP contribution in [0.5, 0.6) is 0 Å². The van der Waals surface area contributed by atoms with E-state index in [1.807, 2.05) is 18.3 Å². The Hall–Kier alpha value is -1.75. The molecule has 3 aromatic rings. The van der Waals surface area contributed by atoms with Gasteiger partial charge in [-0.05, 0) is 40.0 Å². The highest BCUT2D eigenvalue weighted by atomic mass is 79.9. The fourth-order valence-corrected chi connectivity index (χ4v) is 2.32. The van der Waals surface area contributed by atoms with Gasteiger partial charge in [-0.1, -0.05) is 6.07 Å². The number of nitrogens with zero attached hydrogens (tertiary/aromatic N) is 2. The molecule has 0 radical (unpaired) electrons. The Bertz CT molecular complexity index is 670. The van der Waals surface area contributed by atoms with Crippen molar-refractivity contribution in [3.8, 4) is 0 Å². The van der Waals surface area contributed by atoms with Crippen LogP contribution in [-0.4, -0.2) is 15.0 Å². The van der Waals surface area contributed by atoms with Crippen LogP contribution in [0.2, 0.25) is 0 Å². The van der Waals surface area contributed by atoms with Crippen LogP contribution in [0.1, 0.15) is 11.4 Å². The molecule has 0 aliphatic rings. The van der Waals surface area contributed by atoms with Crippen molar-refractivity contribution in [3.63, 3.8) is 0 Å². The fraction of sp³-hybridized carbons (Fsp3) is 0.143. The molecular formula is C14H11BrFN3. The van der Waals surface area contributed by atoms with Gasteiger partial charge in [-0.25, -0.2) is 9.37 Å². The first kappa shape index (κ1) is 12.3. The smallest absolute Gasteiger partial charge is 0.139 e. The lowest BCUT2D eigenvalue weighted by atomic mass is 10.1. The van der Waals surface area contributed by atoms with Crippen molar-refractivity contribution in [1.82, 2.24) is 15.0 Å². The molecule has 19 heavy (non-hydrogen) atoms. The van der Waals surface area contributed by atoms with Crippen LogP contribution < -0.4 is 0 Å². The van der Waals surface area contributed by atoms with Crippen LogP contribution in [0.3, 0.4) is 0 Å². The second-order valence-electron chi connectivity index (χ2n) is 4.33. The highest BCUT2D eigenvalue weighted by molar-refractivity contribution is 9.10. The summed E-state index contributed by atoms with van der Waals surface area (Å²) in [7, 11) is 0. The maximum Gasteiger partial charge on any atom is 0.139 e. The zero-order valence-corrected chi connectivity index (χ0v) is 11.6. The molecule has 1 N–H and O–H groups in total. The Morgan fingerprint density at radius 2 is 2.16 bits per heavy atom. The van der Waals surface area contributed by atoms with Crippen molar-refractivity contribution in [3.05, 3.63) is 58.3 Å². The number of H-pyrrole nitrogens is 1. The predicted molar refractivity (Wildman–Crippen MR) is 75.4 cm³/mol. The van der Waals surface area contributed by atoms with Gasteiger partial charge in [0.2, 0.25) is 0 Å². The van der Waals surface area contributed by atoms with Gasteiger partial charge >= 0.3 is 0 Å². The summed E-state index contributed by atoms with van der Waals surface area (Å²) < 4.78 is 13.8. The molecule has 2 heterocycles. The topological polar surface area (TPSA) is 41.6 Å². The van der Waals surface area contributed by atoms with E-state index in [1.165, 1.54) is 6.07 Å². The number of benzene rings is 1. The summed E-state index contributed by atoms with van der Waals surface area (Å²) in [5.41, 5.74) is 2.66. The molecule has 0 fully saturated rings. The van der Waals surface area contributed by atoms with E-state index in [1.54, 1.807) is 12.3 Å². The lowest BCUT2D eigenvalue weighted by Crippen LogP contribution is -1.93. The molecule has 0 bridgehead atoms. The van der Waals surface area contributed by atoms with Crippen LogP contribution >= 0.6 is 15.9 Å². The Balaban J connectivity index is 1.82. The summed E-state index contributed by atoms with van der Waals surface area (Å²) in [6, 6.07) is 7.10. The van der Waals surface area contributed by atoms with Crippen LogP contribution in [0.4, 0.5) is 4.39 Å². The number of pyridine rings is 1. The first-order chi connectivity index (χ1) is 9.22. The first-order valence-corrected chi connectivity index (χ1v) is 6.74. The summed E-state index contributed by atoms with van der Waals surface area (Å²) in [4.78, 5) is 11.7. The van der Waals surface area contributed by atoms with Gasteiger partial charge in [0, 0.05) is 24.9 Å². The largest absolute Gasteiger partial charge is 0.342 e. The number of aryl methyl sites for hydroxylation is 2. The van der Waals surface area contributed by atoms with Gasteiger partial charge in [-0.2, -0.15) is 0 Å². The predicted octanol–water partition coefficient (Wildman–Crippen LogP) is 3.64. The van der Waals surface area contributed by atoms with Crippen LogP contribution in [0.25, 0.3) is 11.0 Å². The number of rotatable bonds is 3. The first-order valence-electron chi connectivity index (χ1n) is 5.95. The standard InChI is InChI=1S/C14H11BrFN3/c15-10-6-12-13(7-11(10)16)19-14(18-12)4-3-9-2-1-5-17-8-9/h1-2,5-8H,3-4H2,(H,18,19). The van der Waals surface area contributed by atoms with E-state index in [4.69, 9.17) is 0 Å². The molecular weight excluding hydrogens is 309 g/mol. The molecule has 0 spiro atoms. The third-order valence-corrected chi connectivity index (χ3v) is 3.55. The number of hydrogen-bond acceptors (Lipinski definition) is 2. The van der Waals surface area contributed by atoms with E-state index in [-0.39, 0.29) is 5.82 Å². The molecule has 2 aromatic heterocycles. The van der Waals surface area contributed by atoms with Crippen molar-refractivity contribution < 1.29 is 4.39 Å². The van der Waals surface area contributed by atoms with Crippen molar-refractivity contribution in [2.75, 3.05) is 0 Å². The third kappa shape index (κ3) is 2.66. The molecule has 0 amide bonds. The van der Waals surface area contributed by atoms with Gasteiger partial charge in [-0.3, -0.25) is 4.98 Å². The molecule has 0 aliphatic heterocycles. The van der Waals surface area contributed by atoms with Gasteiger partial charge in [0.1, 0.15) is 11.6 Å². The molecule has 3 nitrogen and oxygen atoms in total. The highest BCUT2D eigenvalue weighted by Gasteiger charge is 2.07. The van der Waals surface area contributed by atoms with E-state index in [0.29, 0.717) is 4.47 Å². The summed E-state index contributed by atoms with van der Waals surface area (Å²) in [5.74, 6) is 0.575. The number of imidazole rings is 1. The summed E-state index contributed by atoms with van der Waals surface area (Å²) >= 11 is 3.16. The second kappa shape index (κ2) is 5.09. The molecule has 1 aromatic carbocycles. The minimum atomic E-state index is -0.282. The average Bonchev–Trinajstić information content (AvgIpc) is 2.80. The molecule has 3 rings (SSSR count). The third-order valence-electron chi connectivity index (χ3n) is 2.95. The quantitative estimate of drug-likeness (QED) is 0.800. The number of halogens is 2. The van der Waals surface area contributed by atoms with Gasteiger partial charge in [0.25, 0.3) is 0 Å². The number of nitrogens with one attached hydrogen (secondary N) is 1.